The molecule has 3 nitrogen and oxygen atoms in total. The second-order valence-corrected chi connectivity index (χ2v) is 6.81. The highest BCUT2D eigenvalue weighted by molar-refractivity contribution is 5.99. The summed E-state index contributed by atoms with van der Waals surface area (Å²) in [6, 6.07) is 16.5. The largest absolute Gasteiger partial charge is 0.378 e. The monoisotopic (exact) mass is 372 g/mol. The molecule has 0 aliphatic heterocycles. The first-order chi connectivity index (χ1) is 13.5. The number of allylic oxidation sites excluding steroid dienone is 6. The Hall–Kier alpha value is -3.33. The lowest BCUT2D eigenvalue weighted by atomic mass is 10.2. The number of carbonyl (C=O) groups excluding carboxylic acids is 1. The molecule has 0 heterocycles. The highest BCUT2D eigenvalue weighted by atomic mass is 16.1. The SMILES string of the molecule is CN(C)c1ccc(C=CC=CC(=O)C=CC=Cc2ccc(N(C)C)cc2)cc1. The number of hydrogen-bond donors (Lipinski definition) is 0. The van der Waals surface area contributed by atoms with Crippen LogP contribution in [-0.2, 0) is 4.79 Å². The zero-order valence-electron chi connectivity index (χ0n) is 17.0. The average molecular weight is 373 g/mol. The highest BCUT2D eigenvalue weighted by Crippen LogP contribution is 2.14. The molecular formula is C25H28N2O. The van der Waals surface area contributed by atoms with Crippen molar-refractivity contribution in [1.29, 1.82) is 0 Å². The first-order valence-electron chi connectivity index (χ1n) is 9.24. The van der Waals surface area contributed by atoms with E-state index in [9.17, 15) is 4.79 Å². The van der Waals surface area contributed by atoms with E-state index >= 15 is 0 Å². The molecule has 0 aliphatic rings. The van der Waals surface area contributed by atoms with Crippen LogP contribution in [0.5, 0.6) is 0 Å². The van der Waals surface area contributed by atoms with Crippen molar-refractivity contribution in [3.05, 3.63) is 96.1 Å². The van der Waals surface area contributed by atoms with Crippen molar-refractivity contribution in [3.63, 3.8) is 0 Å². The first kappa shape index (κ1) is 21.0. The predicted octanol–water partition coefficient (Wildman–Crippen LogP) is 5.23. The average Bonchev–Trinajstić information content (AvgIpc) is 2.69. The zero-order valence-corrected chi connectivity index (χ0v) is 17.0. The number of anilines is 2. The summed E-state index contributed by atoms with van der Waals surface area (Å²) in [5.74, 6) is -0.0415. The fraction of sp³-hybridized carbons (Fsp3) is 0.160. The Labute approximate surface area is 168 Å². The van der Waals surface area contributed by atoms with Crippen LogP contribution in [0.2, 0.25) is 0 Å². The molecule has 144 valence electrons. The van der Waals surface area contributed by atoms with Crippen molar-refractivity contribution in [2.45, 2.75) is 0 Å². The molecule has 0 aromatic heterocycles. The summed E-state index contributed by atoms with van der Waals surface area (Å²) >= 11 is 0. The van der Waals surface area contributed by atoms with Gasteiger partial charge in [0.2, 0.25) is 0 Å². The predicted molar refractivity (Wildman–Crippen MR) is 123 cm³/mol. The van der Waals surface area contributed by atoms with Crippen molar-refractivity contribution < 1.29 is 4.79 Å². The number of nitrogens with zero attached hydrogens (tertiary/aromatic N) is 2. The van der Waals surface area contributed by atoms with E-state index < -0.39 is 0 Å². The van der Waals surface area contributed by atoms with Crippen molar-refractivity contribution in [3.8, 4) is 0 Å². The molecule has 28 heavy (non-hydrogen) atoms. The maximum absolute atomic E-state index is 11.9. The van der Waals surface area contributed by atoms with E-state index in [1.165, 1.54) is 0 Å². The minimum absolute atomic E-state index is 0.0415. The molecule has 0 amide bonds. The smallest absolute Gasteiger partial charge is 0.178 e. The molecule has 2 aromatic rings. The van der Waals surface area contributed by atoms with Gasteiger partial charge < -0.3 is 9.80 Å². The Morgan fingerprint density at radius 1 is 0.607 bits per heavy atom. The topological polar surface area (TPSA) is 23.6 Å². The minimum Gasteiger partial charge on any atom is -0.378 e. The molecule has 0 saturated carbocycles. The molecule has 0 N–H and O–H groups in total. The standard InChI is InChI=1S/C25H28N2O/c1-26(2)23-17-13-21(14-18-23)9-5-7-11-25(28)12-8-6-10-22-15-19-24(20-16-22)27(3)4/h5-20H,1-4H3. The lowest BCUT2D eigenvalue weighted by Gasteiger charge is -2.11. The minimum atomic E-state index is -0.0415. The van der Waals surface area contributed by atoms with Gasteiger partial charge in [0.25, 0.3) is 0 Å². The molecule has 0 spiro atoms. The fourth-order valence-electron chi connectivity index (χ4n) is 2.46. The van der Waals surface area contributed by atoms with E-state index in [1.807, 2.05) is 52.5 Å². The van der Waals surface area contributed by atoms with Crippen molar-refractivity contribution in [2.24, 2.45) is 0 Å². The molecule has 0 radical (unpaired) electrons. The number of hydrogen-bond acceptors (Lipinski definition) is 3. The quantitative estimate of drug-likeness (QED) is 0.468. The van der Waals surface area contributed by atoms with Gasteiger partial charge >= 0.3 is 0 Å². The van der Waals surface area contributed by atoms with Gasteiger partial charge in [0.05, 0.1) is 0 Å². The number of rotatable bonds is 8. The third kappa shape index (κ3) is 7.12. The van der Waals surface area contributed by atoms with Crippen LogP contribution in [0, 0.1) is 0 Å². The van der Waals surface area contributed by atoms with Gasteiger partial charge in [0.15, 0.2) is 5.78 Å². The molecule has 3 heteroatoms. The second-order valence-electron chi connectivity index (χ2n) is 6.81. The van der Waals surface area contributed by atoms with Gasteiger partial charge in [-0.25, -0.2) is 0 Å². The molecule has 0 bridgehead atoms. The molecule has 0 atom stereocenters. The molecule has 0 aliphatic carbocycles. The van der Waals surface area contributed by atoms with Crippen LogP contribution in [0.15, 0.2) is 85.0 Å². The Kier molecular flexibility index (Phi) is 8.04. The van der Waals surface area contributed by atoms with E-state index in [0.717, 1.165) is 22.5 Å². The summed E-state index contributed by atoms with van der Waals surface area (Å²) in [6.45, 7) is 0. The molecule has 0 fully saturated rings. The molecule has 0 unspecified atom stereocenters. The van der Waals surface area contributed by atoms with Gasteiger partial charge in [-0.15, -0.1) is 0 Å². The molecule has 0 saturated heterocycles. The van der Waals surface area contributed by atoms with Crippen LogP contribution in [0.25, 0.3) is 12.2 Å². The van der Waals surface area contributed by atoms with Crippen LogP contribution in [0.3, 0.4) is 0 Å². The van der Waals surface area contributed by atoms with Gasteiger partial charge in [-0.1, -0.05) is 60.7 Å². The number of benzene rings is 2. The van der Waals surface area contributed by atoms with Gasteiger partial charge in [0.1, 0.15) is 0 Å². The molecular weight excluding hydrogens is 344 g/mol. The summed E-state index contributed by atoms with van der Waals surface area (Å²) in [5.41, 5.74) is 4.52. The van der Waals surface area contributed by atoms with Crippen LogP contribution in [-0.4, -0.2) is 34.0 Å². The summed E-state index contributed by atoms with van der Waals surface area (Å²) in [6.07, 6.45) is 14.3. The third-order valence-electron chi connectivity index (χ3n) is 4.14. The van der Waals surface area contributed by atoms with E-state index in [4.69, 9.17) is 0 Å². The van der Waals surface area contributed by atoms with E-state index in [-0.39, 0.29) is 5.78 Å². The maximum Gasteiger partial charge on any atom is 0.178 e. The van der Waals surface area contributed by atoms with Crippen LogP contribution in [0.4, 0.5) is 11.4 Å². The van der Waals surface area contributed by atoms with Gasteiger partial charge in [0, 0.05) is 39.6 Å². The Bertz CT molecular complexity index is 794. The first-order valence-corrected chi connectivity index (χ1v) is 9.24. The zero-order chi connectivity index (χ0) is 20.4. The van der Waals surface area contributed by atoms with E-state index in [0.29, 0.717) is 0 Å². The third-order valence-corrected chi connectivity index (χ3v) is 4.14. The Balaban J connectivity index is 1.82. The number of ketones is 1. The lowest BCUT2D eigenvalue weighted by Crippen LogP contribution is -2.07. The lowest BCUT2D eigenvalue weighted by molar-refractivity contribution is -0.110. The van der Waals surface area contributed by atoms with Gasteiger partial charge in [-0.3, -0.25) is 4.79 Å². The molecule has 2 aromatic carbocycles. The summed E-state index contributed by atoms with van der Waals surface area (Å²) < 4.78 is 0. The van der Waals surface area contributed by atoms with E-state index in [1.54, 1.807) is 24.3 Å². The Morgan fingerprint density at radius 3 is 1.29 bits per heavy atom. The van der Waals surface area contributed by atoms with Crippen LogP contribution < -0.4 is 9.80 Å². The number of carbonyl (C=O) groups is 1. The summed E-state index contributed by atoms with van der Waals surface area (Å²) in [4.78, 5) is 16.0. The summed E-state index contributed by atoms with van der Waals surface area (Å²) in [7, 11) is 8.07. The Morgan fingerprint density at radius 2 is 0.964 bits per heavy atom. The van der Waals surface area contributed by atoms with Gasteiger partial charge in [-0.2, -0.15) is 0 Å². The van der Waals surface area contributed by atoms with E-state index in [2.05, 4.69) is 58.3 Å². The second kappa shape index (κ2) is 10.7. The fourth-order valence-corrected chi connectivity index (χ4v) is 2.46. The molecule has 2 rings (SSSR count). The van der Waals surface area contributed by atoms with Crippen molar-refractivity contribution in [2.75, 3.05) is 38.0 Å². The highest BCUT2D eigenvalue weighted by Gasteiger charge is 1.94. The van der Waals surface area contributed by atoms with Crippen LogP contribution >= 0.6 is 0 Å². The van der Waals surface area contributed by atoms with Gasteiger partial charge in [-0.05, 0) is 47.5 Å². The van der Waals surface area contributed by atoms with Crippen molar-refractivity contribution in [1.82, 2.24) is 0 Å². The van der Waals surface area contributed by atoms with Crippen LogP contribution in [0.1, 0.15) is 11.1 Å². The van der Waals surface area contributed by atoms with Crippen molar-refractivity contribution >= 4 is 29.3 Å². The normalized spacial score (nSPS) is 11.9. The maximum atomic E-state index is 11.9. The summed E-state index contributed by atoms with van der Waals surface area (Å²) in [5, 5.41) is 0.